The van der Waals surface area contributed by atoms with Gasteiger partial charge in [0.2, 0.25) is 0 Å². The molecule has 2 aromatic carbocycles. The highest BCUT2D eigenvalue weighted by Gasteiger charge is 2.15. The predicted molar refractivity (Wildman–Crippen MR) is 104 cm³/mol. The lowest BCUT2D eigenvalue weighted by Gasteiger charge is -2.30. The average molecular weight is 355 g/mol. The van der Waals surface area contributed by atoms with Crippen LogP contribution in [0.3, 0.4) is 0 Å². The lowest BCUT2D eigenvalue weighted by Crippen LogP contribution is -2.30. The smallest absolute Gasteiger partial charge is 0.255 e. The van der Waals surface area contributed by atoms with Crippen molar-refractivity contribution in [2.24, 2.45) is 0 Å². The lowest BCUT2D eigenvalue weighted by atomic mass is 10.1. The van der Waals surface area contributed by atoms with Crippen LogP contribution >= 0.6 is 0 Å². The fourth-order valence-corrected chi connectivity index (χ4v) is 3.24. The number of hydrogen-bond acceptors (Lipinski definition) is 5. The van der Waals surface area contributed by atoms with Crippen molar-refractivity contribution < 1.29 is 14.3 Å². The summed E-state index contributed by atoms with van der Waals surface area (Å²) < 4.78 is 10.4. The van der Waals surface area contributed by atoms with Gasteiger partial charge in [-0.2, -0.15) is 0 Å². The van der Waals surface area contributed by atoms with Crippen LogP contribution in [0.5, 0.6) is 11.5 Å². The Bertz CT molecular complexity index is 786. The second kappa shape index (κ2) is 7.99. The first-order valence-corrected chi connectivity index (χ1v) is 8.80. The number of methoxy groups -OCH3 is 2. The normalized spacial score (nSPS) is 14.0. The van der Waals surface area contributed by atoms with Crippen LogP contribution in [0.4, 0.5) is 17.1 Å². The van der Waals surface area contributed by atoms with Crippen LogP contribution < -0.4 is 25.4 Å². The molecule has 26 heavy (non-hydrogen) atoms. The van der Waals surface area contributed by atoms with Gasteiger partial charge in [-0.3, -0.25) is 4.79 Å². The van der Waals surface area contributed by atoms with E-state index in [2.05, 4.69) is 10.2 Å². The van der Waals surface area contributed by atoms with Gasteiger partial charge in [-0.25, -0.2) is 0 Å². The molecule has 1 aliphatic rings. The minimum Gasteiger partial charge on any atom is -0.493 e. The molecule has 0 aromatic heterocycles. The summed E-state index contributed by atoms with van der Waals surface area (Å²) in [5, 5.41) is 2.88. The highest BCUT2D eigenvalue weighted by atomic mass is 16.5. The molecular weight excluding hydrogens is 330 g/mol. The van der Waals surface area contributed by atoms with Gasteiger partial charge in [-0.1, -0.05) is 0 Å². The van der Waals surface area contributed by atoms with Crippen molar-refractivity contribution in [3.63, 3.8) is 0 Å². The number of anilines is 3. The molecule has 3 rings (SSSR count). The number of carbonyl (C=O) groups is 1. The molecular formula is C20H25N3O3. The minimum absolute atomic E-state index is 0.226. The number of nitrogen functional groups attached to an aromatic ring is 1. The summed E-state index contributed by atoms with van der Waals surface area (Å²) in [6, 6.07) is 10.7. The Morgan fingerprint density at radius 3 is 2.38 bits per heavy atom. The Balaban J connectivity index is 1.74. The van der Waals surface area contributed by atoms with E-state index in [-0.39, 0.29) is 5.91 Å². The number of amides is 1. The van der Waals surface area contributed by atoms with Gasteiger partial charge in [0, 0.05) is 24.3 Å². The summed E-state index contributed by atoms with van der Waals surface area (Å²) in [6.07, 6.45) is 3.66. The van der Waals surface area contributed by atoms with Crippen molar-refractivity contribution in [3.8, 4) is 11.5 Å². The molecule has 0 spiro atoms. The number of benzene rings is 2. The van der Waals surface area contributed by atoms with Crippen molar-refractivity contribution in [3.05, 3.63) is 42.0 Å². The second-order valence-corrected chi connectivity index (χ2v) is 6.35. The molecule has 2 aromatic rings. The topological polar surface area (TPSA) is 76.8 Å². The van der Waals surface area contributed by atoms with Gasteiger partial charge in [-0.15, -0.1) is 0 Å². The number of nitrogens with zero attached hydrogens (tertiary/aromatic N) is 1. The maximum atomic E-state index is 12.5. The predicted octanol–water partition coefficient (Wildman–Crippen LogP) is 3.53. The van der Waals surface area contributed by atoms with Crippen LogP contribution in [-0.4, -0.2) is 33.2 Å². The van der Waals surface area contributed by atoms with E-state index < -0.39 is 0 Å². The quantitative estimate of drug-likeness (QED) is 0.803. The average Bonchev–Trinajstić information content (AvgIpc) is 2.68. The van der Waals surface area contributed by atoms with Crippen LogP contribution in [0, 0.1) is 0 Å². The van der Waals surface area contributed by atoms with Gasteiger partial charge < -0.3 is 25.4 Å². The van der Waals surface area contributed by atoms with E-state index in [1.807, 2.05) is 18.2 Å². The maximum Gasteiger partial charge on any atom is 0.255 e. The highest BCUT2D eigenvalue weighted by Crippen LogP contribution is 2.30. The maximum absolute atomic E-state index is 12.5. The van der Waals surface area contributed by atoms with Crippen molar-refractivity contribution in [2.75, 3.05) is 43.3 Å². The third-order valence-corrected chi connectivity index (χ3v) is 4.63. The van der Waals surface area contributed by atoms with E-state index >= 15 is 0 Å². The number of nitrogens with one attached hydrogen (secondary N) is 1. The van der Waals surface area contributed by atoms with E-state index in [1.54, 1.807) is 32.4 Å². The lowest BCUT2D eigenvalue weighted by molar-refractivity contribution is 0.102. The largest absolute Gasteiger partial charge is 0.493 e. The number of ether oxygens (including phenoxy) is 2. The molecule has 0 radical (unpaired) electrons. The summed E-state index contributed by atoms with van der Waals surface area (Å²) in [7, 11) is 3.10. The Hall–Kier alpha value is -2.89. The number of rotatable bonds is 5. The monoisotopic (exact) mass is 355 g/mol. The molecule has 6 nitrogen and oxygen atoms in total. The molecule has 1 aliphatic heterocycles. The molecule has 0 unspecified atom stereocenters. The van der Waals surface area contributed by atoms with E-state index in [1.165, 1.54) is 19.3 Å². The zero-order valence-electron chi connectivity index (χ0n) is 15.2. The van der Waals surface area contributed by atoms with Gasteiger partial charge in [0.05, 0.1) is 25.6 Å². The number of carbonyl (C=O) groups excluding carboxylic acids is 1. The van der Waals surface area contributed by atoms with Crippen LogP contribution in [-0.2, 0) is 0 Å². The second-order valence-electron chi connectivity index (χ2n) is 6.35. The molecule has 0 bridgehead atoms. The molecule has 1 amide bonds. The fourth-order valence-electron chi connectivity index (χ4n) is 3.24. The summed E-state index contributed by atoms with van der Waals surface area (Å²) >= 11 is 0. The minimum atomic E-state index is -0.226. The zero-order valence-corrected chi connectivity index (χ0v) is 15.2. The number of piperidine rings is 1. The Kier molecular flexibility index (Phi) is 5.51. The Morgan fingerprint density at radius 2 is 1.73 bits per heavy atom. The van der Waals surface area contributed by atoms with Crippen LogP contribution in [0.15, 0.2) is 36.4 Å². The van der Waals surface area contributed by atoms with Gasteiger partial charge in [0.15, 0.2) is 11.5 Å². The van der Waals surface area contributed by atoms with Crippen molar-refractivity contribution in [1.82, 2.24) is 0 Å². The van der Waals surface area contributed by atoms with E-state index in [9.17, 15) is 4.79 Å². The van der Waals surface area contributed by atoms with Gasteiger partial charge in [0.1, 0.15) is 0 Å². The Labute approximate surface area is 153 Å². The van der Waals surface area contributed by atoms with E-state index in [0.29, 0.717) is 28.4 Å². The third-order valence-electron chi connectivity index (χ3n) is 4.63. The Morgan fingerprint density at radius 1 is 1.00 bits per heavy atom. The first-order chi connectivity index (χ1) is 12.6. The molecule has 138 valence electrons. The van der Waals surface area contributed by atoms with Gasteiger partial charge in [0.25, 0.3) is 5.91 Å². The summed E-state index contributed by atoms with van der Waals surface area (Å²) in [6.45, 7) is 2.06. The number of hydrogen-bond donors (Lipinski definition) is 2. The number of nitrogens with two attached hydrogens (primary N) is 1. The molecule has 0 aliphatic carbocycles. The van der Waals surface area contributed by atoms with Gasteiger partial charge in [-0.05, 0) is 55.7 Å². The van der Waals surface area contributed by atoms with E-state index in [4.69, 9.17) is 15.2 Å². The highest BCUT2D eigenvalue weighted by molar-refractivity contribution is 6.05. The first-order valence-electron chi connectivity index (χ1n) is 8.80. The summed E-state index contributed by atoms with van der Waals surface area (Å²) in [5.41, 5.74) is 9.09. The molecule has 0 saturated carbocycles. The standard InChI is InChI=1S/C20H25N3O3/c1-25-18-9-6-14(12-19(18)26-2)20(24)22-15-7-8-17(16(21)13-15)23-10-4-3-5-11-23/h6-9,12-13H,3-5,10-11,21H2,1-2H3,(H,22,24). The van der Waals surface area contributed by atoms with Crippen molar-refractivity contribution in [1.29, 1.82) is 0 Å². The molecule has 1 fully saturated rings. The molecule has 1 heterocycles. The summed E-state index contributed by atoms with van der Waals surface area (Å²) in [4.78, 5) is 14.8. The van der Waals surface area contributed by atoms with E-state index in [0.717, 1.165) is 18.8 Å². The molecule has 6 heteroatoms. The summed E-state index contributed by atoms with van der Waals surface area (Å²) in [5.74, 6) is 0.871. The van der Waals surface area contributed by atoms with Crippen LogP contribution in [0.2, 0.25) is 0 Å². The van der Waals surface area contributed by atoms with Crippen molar-refractivity contribution in [2.45, 2.75) is 19.3 Å². The van der Waals surface area contributed by atoms with Crippen LogP contribution in [0.1, 0.15) is 29.6 Å². The van der Waals surface area contributed by atoms with Crippen LogP contribution in [0.25, 0.3) is 0 Å². The SMILES string of the molecule is COc1ccc(C(=O)Nc2ccc(N3CCCCC3)c(N)c2)cc1OC. The molecule has 3 N–H and O–H groups in total. The van der Waals surface area contributed by atoms with Gasteiger partial charge >= 0.3 is 0 Å². The third kappa shape index (κ3) is 3.85. The molecule has 1 saturated heterocycles. The molecule has 0 atom stereocenters. The van der Waals surface area contributed by atoms with Crippen molar-refractivity contribution >= 4 is 23.0 Å². The first kappa shape index (κ1) is 17.9. The zero-order chi connectivity index (χ0) is 18.5. The fraction of sp³-hybridized carbons (Fsp3) is 0.350.